The van der Waals surface area contributed by atoms with Crippen LogP contribution in [0.1, 0.15) is 34.1 Å². The second-order valence-electron chi connectivity index (χ2n) is 5.81. The van der Waals surface area contributed by atoms with Crippen LogP contribution < -0.4 is 16.0 Å². The molecule has 0 bridgehead atoms. The molecule has 0 aliphatic carbocycles. The van der Waals surface area contributed by atoms with Crippen molar-refractivity contribution in [1.29, 1.82) is 0 Å². The van der Waals surface area contributed by atoms with Gasteiger partial charge in [0.2, 0.25) is 11.8 Å². The molecule has 2 amide bonds. The highest BCUT2D eigenvalue weighted by Gasteiger charge is 2.27. The molecule has 1 rings (SSSR count). The third-order valence-electron chi connectivity index (χ3n) is 3.43. The Bertz CT molecular complexity index is 409. The van der Waals surface area contributed by atoms with Gasteiger partial charge in [0.25, 0.3) is 0 Å². The summed E-state index contributed by atoms with van der Waals surface area (Å²) < 4.78 is 0. The number of carbonyl (C=O) groups is 2. The third kappa shape index (κ3) is 6.32. The normalized spacial score (nSPS) is 18.5. The number of rotatable bonds is 6. The molecule has 0 saturated carbocycles. The van der Waals surface area contributed by atoms with E-state index < -0.39 is 0 Å². The fourth-order valence-corrected chi connectivity index (χ4v) is 2.36. The van der Waals surface area contributed by atoms with Gasteiger partial charge in [-0.1, -0.05) is 13.8 Å². The molecule has 0 radical (unpaired) electrons. The average Bonchev–Trinajstić information content (AvgIpc) is 2.91. The Morgan fingerprint density at radius 1 is 1.32 bits per heavy atom. The van der Waals surface area contributed by atoms with E-state index in [1.807, 2.05) is 25.7 Å². The second-order valence-corrected chi connectivity index (χ2v) is 5.81. The molecule has 1 heterocycles. The number of amides is 2. The van der Waals surface area contributed by atoms with Crippen LogP contribution in [0.25, 0.3) is 0 Å². The summed E-state index contributed by atoms with van der Waals surface area (Å²) in [6.45, 7) is 10.7. The molecular weight excluding hydrogens is 282 g/mol. The largest absolute Gasteiger partial charge is 0.357 e. The van der Waals surface area contributed by atoms with E-state index in [0.29, 0.717) is 19.6 Å². The van der Waals surface area contributed by atoms with Gasteiger partial charge in [-0.15, -0.1) is 0 Å². The number of carbonyl (C=O) groups excluding carboxylic acids is 2. The molecule has 1 aliphatic rings. The van der Waals surface area contributed by atoms with Crippen LogP contribution in [0.4, 0.5) is 0 Å². The van der Waals surface area contributed by atoms with Crippen LogP contribution in [-0.2, 0) is 9.59 Å². The average molecular weight is 311 g/mol. The van der Waals surface area contributed by atoms with Gasteiger partial charge in [-0.3, -0.25) is 14.6 Å². The predicted octanol–water partition coefficient (Wildman–Crippen LogP) is -0.0655. The molecule has 126 valence electrons. The Morgan fingerprint density at radius 3 is 2.64 bits per heavy atom. The maximum atomic E-state index is 12.0. The fourth-order valence-electron chi connectivity index (χ4n) is 2.36. The molecule has 1 unspecified atom stereocenters. The first-order chi connectivity index (χ1) is 10.4. The lowest BCUT2D eigenvalue weighted by Gasteiger charge is -2.20. The summed E-state index contributed by atoms with van der Waals surface area (Å²) in [6.07, 6.45) is 0.925. The highest BCUT2D eigenvalue weighted by Crippen LogP contribution is 2.12. The van der Waals surface area contributed by atoms with Crippen LogP contribution in [0, 0.1) is 5.92 Å². The van der Waals surface area contributed by atoms with E-state index in [2.05, 4.69) is 20.9 Å². The summed E-state index contributed by atoms with van der Waals surface area (Å²) in [7, 11) is 0. The van der Waals surface area contributed by atoms with Gasteiger partial charge in [-0.2, -0.15) is 0 Å². The Balaban J connectivity index is 2.45. The molecule has 0 spiro atoms. The first-order valence-electron chi connectivity index (χ1n) is 8.02. The molecule has 1 saturated heterocycles. The van der Waals surface area contributed by atoms with Gasteiger partial charge in [0.05, 0.1) is 6.54 Å². The molecule has 22 heavy (non-hydrogen) atoms. The first-order valence-corrected chi connectivity index (χ1v) is 8.02. The number of guanidine groups is 1. The Labute approximate surface area is 132 Å². The van der Waals surface area contributed by atoms with Gasteiger partial charge in [-0.25, -0.2) is 0 Å². The number of hydrogen-bond donors (Lipinski definition) is 3. The van der Waals surface area contributed by atoms with Crippen molar-refractivity contribution >= 4 is 17.8 Å². The molecule has 3 N–H and O–H groups in total. The zero-order valence-electron chi connectivity index (χ0n) is 14.1. The quantitative estimate of drug-likeness (QED) is 0.364. The Kier molecular flexibility index (Phi) is 7.70. The smallest absolute Gasteiger partial charge is 0.225 e. The number of nitrogens with zero attached hydrogens (tertiary/aromatic N) is 2. The summed E-state index contributed by atoms with van der Waals surface area (Å²) in [6, 6.07) is 0.223. The number of likely N-dealkylation sites (tertiary alicyclic amines) is 1. The van der Waals surface area contributed by atoms with E-state index in [1.165, 1.54) is 6.92 Å². The van der Waals surface area contributed by atoms with Crippen molar-refractivity contribution < 1.29 is 9.59 Å². The molecule has 1 atom stereocenters. The second kappa shape index (κ2) is 9.27. The SMILES string of the molecule is CCNC(=NCCNC(C)=O)NC1CCN(C(=O)C(C)C)C1. The van der Waals surface area contributed by atoms with Gasteiger partial charge in [0.1, 0.15) is 0 Å². The molecule has 7 nitrogen and oxygen atoms in total. The topological polar surface area (TPSA) is 85.8 Å². The summed E-state index contributed by atoms with van der Waals surface area (Å²) >= 11 is 0. The zero-order chi connectivity index (χ0) is 16.5. The highest BCUT2D eigenvalue weighted by molar-refractivity contribution is 5.81. The van der Waals surface area contributed by atoms with E-state index in [4.69, 9.17) is 0 Å². The van der Waals surface area contributed by atoms with Crippen molar-refractivity contribution in [3.05, 3.63) is 0 Å². The van der Waals surface area contributed by atoms with E-state index >= 15 is 0 Å². The zero-order valence-corrected chi connectivity index (χ0v) is 14.1. The van der Waals surface area contributed by atoms with Crippen molar-refractivity contribution in [3.8, 4) is 0 Å². The van der Waals surface area contributed by atoms with Gasteiger partial charge >= 0.3 is 0 Å². The highest BCUT2D eigenvalue weighted by atomic mass is 16.2. The summed E-state index contributed by atoms with van der Waals surface area (Å²) in [4.78, 5) is 29.1. The van der Waals surface area contributed by atoms with Crippen LogP contribution in [0.2, 0.25) is 0 Å². The first kappa shape index (κ1) is 18.3. The van der Waals surface area contributed by atoms with E-state index in [-0.39, 0.29) is 23.8 Å². The van der Waals surface area contributed by atoms with E-state index in [9.17, 15) is 9.59 Å². The number of nitrogens with one attached hydrogen (secondary N) is 3. The molecule has 0 aromatic heterocycles. The van der Waals surface area contributed by atoms with Gasteiger partial charge in [-0.05, 0) is 13.3 Å². The van der Waals surface area contributed by atoms with Crippen molar-refractivity contribution in [2.24, 2.45) is 10.9 Å². The maximum Gasteiger partial charge on any atom is 0.225 e. The molecular formula is C15H29N5O2. The molecule has 1 fully saturated rings. The number of hydrogen-bond acceptors (Lipinski definition) is 3. The van der Waals surface area contributed by atoms with Gasteiger partial charge in [0, 0.05) is 45.1 Å². The molecule has 0 aromatic carbocycles. The van der Waals surface area contributed by atoms with Crippen molar-refractivity contribution in [3.63, 3.8) is 0 Å². The maximum absolute atomic E-state index is 12.0. The summed E-state index contributed by atoms with van der Waals surface area (Å²) in [5, 5.41) is 9.26. The van der Waals surface area contributed by atoms with E-state index in [1.54, 1.807) is 0 Å². The van der Waals surface area contributed by atoms with Crippen LogP contribution in [-0.4, -0.2) is 61.4 Å². The van der Waals surface area contributed by atoms with Crippen molar-refractivity contribution in [2.45, 2.75) is 40.2 Å². The van der Waals surface area contributed by atoms with Crippen LogP contribution in [0.5, 0.6) is 0 Å². The van der Waals surface area contributed by atoms with E-state index in [0.717, 1.165) is 25.5 Å². The lowest BCUT2D eigenvalue weighted by atomic mass is 10.2. The summed E-state index contributed by atoms with van der Waals surface area (Å²) in [5.41, 5.74) is 0. The van der Waals surface area contributed by atoms with Crippen LogP contribution in [0.15, 0.2) is 4.99 Å². The Morgan fingerprint density at radius 2 is 2.05 bits per heavy atom. The minimum Gasteiger partial charge on any atom is -0.357 e. The minimum absolute atomic E-state index is 0.0401. The summed E-state index contributed by atoms with van der Waals surface area (Å²) in [5.74, 6) is 0.929. The lowest BCUT2D eigenvalue weighted by molar-refractivity contribution is -0.133. The number of aliphatic imine (C=N–C) groups is 1. The minimum atomic E-state index is -0.0493. The molecule has 1 aliphatic heterocycles. The van der Waals surface area contributed by atoms with Gasteiger partial charge in [0.15, 0.2) is 5.96 Å². The van der Waals surface area contributed by atoms with Crippen LogP contribution in [0.3, 0.4) is 0 Å². The molecule has 0 aromatic rings. The van der Waals surface area contributed by atoms with Crippen molar-refractivity contribution in [2.75, 3.05) is 32.7 Å². The van der Waals surface area contributed by atoms with Crippen LogP contribution >= 0.6 is 0 Å². The predicted molar refractivity (Wildman–Crippen MR) is 87.6 cm³/mol. The lowest BCUT2D eigenvalue weighted by Crippen LogP contribution is -2.45. The van der Waals surface area contributed by atoms with Gasteiger partial charge < -0.3 is 20.9 Å². The monoisotopic (exact) mass is 311 g/mol. The Hall–Kier alpha value is -1.79. The van der Waals surface area contributed by atoms with Crippen molar-refractivity contribution in [1.82, 2.24) is 20.9 Å². The standard InChI is InChI=1S/C15H29N5O2/c1-5-16-15(18-8-7-17-12(4)21)19-13-6-9-20(10-13)14(22)11(2)3/h11,13H,5-10H2,1-4H3,(H,17,21)(H2,16,18,19). The third-order valence-corrected chi connectivity index (χ3v) is 3.43. The fraction of sp³-hybridized carbons (Fsp3) is 0.800. The molecule has 7 heteroatoms.